The first kappa shape index (κ1) is 18.7. The van der Waals surface area contributed by atoms with Crippen LogP contribution in [0, 0.1) is 6.92 Å². The Bertz CT molecular complexity index is 792. The lowest BCUT2D eigenvalue weighted by atomic mass is 10.1. The number of aryl methyl sites for hydroxylation is 1. The molecule has 0 aliphatic carbocycles. The first-order valence-electron chi connectivity index (χ1n) is 8.29. The number of benzene rings is 1. The van der Waals surface area contributed by atoms with Gasteiger partial charge in [-0.1, -0.05) is 24.1 Å². The number of carbonyl (C=O) groups is 1. The molecule has 7 nitrogen and oxygen atoms in total. The maximum absolute atomic E-state index is 11.8. The summed E-state index contributed by atoms with van der Waals surface area (Å²) in [5.74, 6) is -0.410. The average Bonchev–Trinajstić information content (AvgIpc) is 2.62. The molecule has 25 heavy (non-hydrogen) atoms. The minimum atomic E-state index is -0.519. The van der Waals surface area contributed by atoms with Crippen molar-refractivity contribution in [1.82, 2.24) is 5.48 Å². The summed E-state index contributed by atoms with van der Waals surface area (Å²) in [5, 5.41) is 14.5. The van der Waals surface area contributed by atoms with Crippen molar-refractivity contribution in [2.45, 2.75) is 45.6 Å². The van der Waals surface area contributed by atoms with Crippen LogP contribution >= 0.6 is 0 Å². The topological polar surface area (TPSA) is 108 Å². The molecule has 4 N–H and O–H groups in total. The van der Waals surface area contributed by atoms with E-state index >= 15 is 0 Å². The Morgan fingerprint density at radius 2 is 1.72 bits per heavy atom. The third kappa shape index (κ3) is 4.90. The Kier molecular flexibility index (Phi) is 6.30. The van der Waals surface area contributed by atoms with Gasteiger partial charge in [-0.2, -0.15) is 0 Å². The fourth-order valence-corrected chi connectivity index (χ4v) is 2.54. The Labute approximate surface area is 145 Å². The fraction of sp³-hybridized carbons (Fsp3) is 0.389. The molecule has 0 spiro atoms. The highest BCUT2D eigenvalue weighted by Gasteiger charge is 2.22. The molecule has 0 saturated carbocycles. The summed E-state index contributed by atoms with van der Waals surface area (Å²) in [6.07, 6.45) is 2.39. The van der Waals surface area contributed by atoms with Crippen LogP contribution in [-0.4, -0.2) is 17.2 Å². The molecule has 0 saturated heterocycles. The number of carbonyl (C=O) groups excluding carboxylic acids is 1. The van der Waals surface area contributed by atoms with E-state index in [2.05, 4.69) is 10.6 Å². The molecule has 2 rings (SSSR count). The fourth-order valence-electron chi connectivity index (χ4n) is 2.54. The van der Waals surface area contributed by atoms with Gasteiger partial charge in [0.15, 0.2) is 0 Å². The minimum absolute atomic E-state index is 0.0148. The molecule has 0 heterocycles. The van der Waals surface area contributed by atoms with Crippen molar-refractivity contribution in [3.05, 3.63) is 50.3 Å². The number of hydrogen-bond donors (Lipinski definition) is 4. The highest BCUT2D eigenvalue weighted by Crippen LogP contribution is 2.22. The molecule has 1 atom stereocenters. The van der Waals surface area contributed by atoms with Gasteiger partial charge in [0.1, 0.15) is 11.4 Å². The van der Waals surface area contributed by atoms with E-state index < -0.39 is 16.8 Å². The van der Waals surface area contributed by atoms with E-state index in [-0.39, 0.29) is 12.5 Å². The lowest BCUT2D eigenvalue weighted by Gasteiger charge is -2.19. The van der Waals surface area contributed by atoms with Crippen molar-refractivity contribution in [3.63, 3.8) is 0 Å². The summed E-state index contributed by atoms with van der Waals surface area (Å²) in [5.41, 5.74) is 3.03. The molecular weight excluding hydrogens is 322 g/mol. The van der Waals surface area contributed by atoms with Crippen LogP contribution in [0.1, 0.15) is 38.2 Å². The molecule has 1 amide bonds. The predicted molar refractivity (Wildman–Crippen MR) is 97.3 cm³/mol. The number of amides is 1. The predicted octanol–water partition coefficient (Wildman–Crippen LogP) is 2.20. The third-order valence-corrected chi connectivity index (χ3v) is 4.04. The second-order valence-electron chi connectivity index (χ2n) is 6.23. The largest absolute Gasteiger partial charge is 0.377 e. The van der Waals surface area contributed by atoms with E-state index in [9.17, 15) is 14.4 Å². The summed E-state index contributed by atoms with van der Waals surface area (Å²) in [7, 11) is 0. The molecule has 2 aromatic rings. The van der Waals surface area contributed by atoms with E-state index in [4.69, 9.17) is 5.21 Å². The van der Waals surface area contributed by atoms with E-state index in [1.54, 1.807) is 5.48 Å². The minimum Gasteiger partial charge on any atom is -0.377 e. The van der Waals surface area contributed by atoms with Crippen LogP contribution in [0.3, 0.4) is 0 Å². The second-order valence-corrected chi connectivity index (χ2v) is 6.23. The van der Waals surface area contributed by atoms with E-state index in [1.807, 2.05) is 38.1 Å². The van der Waals surface area contributed by atoms with Crippen LogP contribution in [-0.2, 0) is 4.79 Å². The van der Waals surface area contributed by atoms with Gasteiger partial charge >= 0.3 is 0 Å². The van der Waals surface area contributed by atoms with E-state index in [0.717, 1.165) is 24.1 Å². The van der Waals surface area contributed by atoms with Crippen molar-refractivity contribution in [2.75, 3.05) is 10.6 Å². The molecule has 0 bridgehead atoms. The van der Waals surface area contributed by atoms with E-state index in [0.29, 0.717) is 17.8 Å². The van der Waals surface area contributed by atoms with Gasteiger partial charge in [-0.15, -0.1) is 0 Å². The number of unbranched alkanes of at least 4 members (excludes halogenated alkanes) is 1. The monoisotopic (exact) mass is 345 g/mol. The Morgan fingerprint density at radius 3 is 2.36 bits per heavy atom. The van der Waals surface area contributed by atoms with Gasteiger partial charge in [-0.25, -0.2) is 5.48 Å². The Balaban J connectivity index is 1.91. The maximum Gasteiger partial charge on any atom is 0.253 e. The number of hydroxylamine groups is 1. The quantitative estimate of drug-likeness (QED) is 0.240. The highest BCUT2D eigenvalue weighted by molar-refractivity contribution is 5.78. The van der Waals surface area contributed by atoms with Crippen molar-refractivity contribution < 1.29 is 10.0 Å². The summed E-state index contributed by atoms with van der Waals surface area (Å²) < 4.78 is 0. The maximum atomic E-state index is 11.8. The number of anilines is 3. The molecule has 0 fully saturated rings. The summed E-state index contributed by atoms with van der Waals surface area (Å²) >= 11 is 0. The van der Waals surface area contributed by atoms with Gasteiger partial charge in [0.25, 0.3) is 10.9 Å². The van der Waals surface area contributed by atoms with Crippen molar-refractivity contribution >= 4 is 23.0 Å². The van der Waals surface area contributed by atoms with Crippen LogP contribution < -0.4 is 27.0 Å². The molecule has 134 valence electrons. The van der Waals surface area contributed by atoms with Crippen molar-refractivity contribution in [2.24, 2.45) is 0 Å². The summed E-state index contributed by atoms with van der Waals surface area (Å²) in [6.45, 7) is 3.89. The second kappa shape index (κ2) is 8.43. The molecule has 1 unspecified atom stereocenters. The van der Waals surface area contributed by atoms with Crippen LogP contribution in [0.15, 0.2) is 33.9 Å². The zero-order valence-electron chi connectivity index (χ0n) is 14.4. The smallest absolute Gasteiger partial charge is 0.253 e. The number of hydrogen-bond acceptors (Lipinski definition) is 6. The normalized spacial score (nSPS) is 12.0. The molecule has 0 aromatic heterocycles. The zero-order valence-corrected chi connectivity index (χ0v) is 14.4. The van der Waals surface area contributed by atoms with Gasteiger partial charge in [0.2, 0.25) is 5.91 Å². The van der Waals surface area contributed by atoms with Gasteiger partial charge in [0, 0.05) is 18.2 Å². The molecule has 2 aromatic carbocycles. The number of rotatable bonds is 9. The molecule has 0 aliphatic heterocycles. The summed E-state index contributed by atoms with van der Waals surface area (Å²) in [4.78, 5) is 34.6. The van der Waals surface area contributed by atoms with Crippen molar-refractivity contribution in [1.29, 1.82) is 0 Å². The average molecular weight is 345 g/mol. The van der Waals surface area contributed by atoms with Gasteiger partial charge in [-0.3, -0.25) is 19.6 Å². The number of nitrogens with one attached hydrogen (secondary N) is 3. The van der Waals surface area contributed by atoms with E-state index in [1.165, 1.54) is 0 Å². The Morgan fingerprint density at radius 1 is 1.08 bits per heavy atom. The first-order chi connectivity index (χ1) is 11.9. The van der Waals surface area contributed by atoms with Gasteiger partial charge in [-0.05, 0) is 38.8 Å². The van der Waals surface area contributed by atoms with Crippen LogP contribution in [0.2, 0.25) is 0 Å². The molecular formula is C18H23N3O4. The van der Waals surface area contributed by atoms with Crippen LogP contribution in [0.25, 0.3) is 0 Å². The molecule has 0 radical (unpaired) electrons. The van der Waals surface area contributed by atoms with Gasteiger partial charge in [0.05, 0.1) is 0 Å². The SMILES string of the molecule is Cc1ccc(Nc2c(NC(C)CCCCC(=O)NO)c(=O)c2=O)cc1. The van der Waals surface area contributed by atoms with Crippen LogP contribution in [0.5, 0.6) is 0 Å². The zero-order chi connectivity index (χ0) is 18.4. The highest BCUT2D eigenvalue weighted by atomic mass is 16.5. The lowest BCUT2D eigenvalue weighted by molar-refractivity contribution is -0.129. The first-order valence-corrected chi connectivity index (χ1v) is 8.29. The lowest BCUT2D eigenvalue weighted by Crippen LogP contribution is -2.38. The van der Waals surface area contributed by atoms with Gasteiger partial charge < -0.3 is 10.6 Å². The van der Waals surface area contributed by atoms with Crippen molar-refractivity contribution in [3.8, 4) is 0 Å². The van der Waals surface area contributed by atoms with Crippen LogP contribution in [0.4, 0.5) is 17.1 Å². The summed E-state index contributed by atoms with van der Waals surface area (Å²) in [6, 6.07) is 7.54. The molecule has 7 heteroatoms. The Hall–Kier alpha value is -2.67. The third-order valence-electron chi connectivity index (χ3n) is 4.04. The molecule has 0 aliphatic rings. The standard InChI is InChI=1S/C18H23N3O4/c1-11-7-9-13(10-8-11)20-16-15(17(23)18(16)24)19-12(2)5-3-4-6-14(22)21-25/h7-10,12,19-20,25H,3-6H2,1-2H3,(H,21,22).